The van der Waals surface area contributed by atoms with E-state index in [4.69, 9.17) is 5.73 Å². The molecule has 1 aromatic carbocycles. The van der Waals surface area contributed by atoms with E-state index >= 15 is 0 Å². The van der Waals surface area contributed by atoms with Gasteiger partial charge in [0.2, 0.25) is 0 Å². The number of hydrogen-bond acceptors (Lipinski definition) is 1. The van der Waals surface area contributed by atoms with Crippen LogP contribution < -0.4 is 5.73 Å². The Hall–Kier alpha value is -0.340. The minimum Gasteiger partial charge on any atom is -0.327 e. The second kappa shape index (κ2) is 5.13. The predicted octanol–water partition coefficient (Wildman–Crippen LogP) is 3.51. The third kappa shape index (κ3) is 2.82. The summed E-state index contributed by atoms with van der Waals surface area (Å²) in [6.07, 6.45) is 6.39. The highest BCUT2D eigenvalue weighted by Gasteiger charge is 2.22. The summed E-state index contributed by atoms with van der Waals surface area (Å²) in [5.74, 6) is 0.747. The van der Waals surface area contributed by atoms with Gasteiger partial charge >= 0.3 is 0 Å². The van der Waals surface area contributed by atoms with Crippen molar-refractivity contribution in [2.45, 2.75) is 38.1 Å². The highest BCUT2D eigenvalue weighted by molar-refractivity contribution is 9.10. The van der Waals surface area contributed by atoms with Crippen LogP contribution in [0.2, 0.25) is 0 Å². The van der Waals surface area contributed by atoms with Crippen LogP contribution in [0.15, 0.2) is 28.7 Å². The average molecular weight is 268 g/mol. The number of benzene rings is 1. The minimum absolute atomic E-state index is 0.339. The van der Waals surface area contributed by atoms with E-state index in [-0.39, 0.29) is 0 Å². The molecule has 15 heavy (non-hydrogen) atoms. The Morgan fingerprint density at radius 1 is 1.27 bits per heavy atom. The molecule has 1 aliphatic carbocycles. The fourth-order valence-electron chi connectivity index (χ4n) is 2.47. The van der Waals surface area contributed by atoms with Gasteiger partial charge in [0.1, 0.15) is 0 Å². The van der Waals surface area contributed by atoms with Gasteiger partial charge in [-0.05, 0) is 36.8 Å². The molecular formula is C13H18BrN. The summed E-state index contributed by atoms with van der Waals surface area (Å²) in [5.41, 5.74) is 7.60. The van der Waals surface area contributed by atoms with Crippen molar-refractivity contribution in [3.8, 4) is 0 Å². The van der Waals surface area contributed by atoms with Gasteiger partial charge in [0.15, 0.2) is 0 Å². The van der Waals surface area contributed by atoms with Crippen molar-refractivity contribution in [1.82, 2.24) is 0 Å². The summed E-state index contributed by atoms with van der Waals surface area (Å²) in [7, 11) is 0. The fourth-order valence-corrected chi connectivity index (χ4v) is 2.92. The molecule has 1 saturated carbocycles. The van der Waals surface area contributed by atoms with E-state index < -0.39 is 0 Å². The number of halogens is 1. The summed E-state index contributed by atoms with van der Waals surface area (Å²) >= 11 is 3.58. The lowest BCUT2D eigenvalue weighted by molar-refractivity contribution is 0.429. The molecule has 0 radical (unpaired) electrons. The third-order valence-corrected chi connectivity index (χ3v) is 4.19. The third-order valence-electron chi connectivity index (χ3n) is 3.42. The normalized spacial score (nSPS) is 19.3. The molecule has 1 atom stereocenters. The Morgan fingerprint density at radius 2 is 1.93 bits per heavy atom. The van der Waals surface area contributed by atoms with Gasteiger partial charge in [-0.2, -0.15) is 0 Å². The van der Waals surface area contributed by atoms with Crippen molar-refractivity contribution in [1.29, 1.82) is 0 Å². The van der Waals surface area contributed by atoms with Crippen LogP contribution in [0.3, 0.4) is 0 Å². The lowest BCUT2D eigenvalue weighted by atomic mass is 9.93. The Balaban J connectivity index is 1.99. The lowest BCUT2D eigenvalue weighted by Gasteiger charge is -2.19. The standard InChI is InChI=1S/C13H18BrN/c14-12-8-4-3-7-11(12)9-13(15)10-5-1-2-6-10/h3-4,7-8,10,13H,1-2,5-6,9,15H2. The van der Waals surface area contributed by atoms with Crippen LogP contribution in [0.25, 0.3) is 0 Å². The first-order chi connectivity index (χ1) is 7.27. The van der Waals surface area contributed by atoms with Crippen molar-refractivity contribution < 1.29 is 0 Å². The van der Waals surface area contributed by atoms with E-state index in [9.17, 15) is 0 Å². The molecule has 0 aliphatic heterocycles. The van der Waals surface area contributed by atoms with E-state index in [2.05, 4.69) is 40.2 Å². The maximum absolute atomic E-state index is 6.26. The predicted molar refractivity (Wildman–Crippen MR) is 67.8 cm³/mol. The molecule has 0 amide bonds. The van der Waals surface area contributed by atoms with Crippen LogP contribution in [0.1, 0.15) is 31.2 Å². The zero-order valence-corrected chi connectivity index (χ0v) is 10.5. The first-order valence-electron chi connectivity index (χ1n) is 5.76. The summed E-state index contributed by atoms with van der Waals surface area (Å²) in [4.78, 5) is 0. The van der Waals surface area contributed by atoms with Crippen LogP contribution in [0, 0.1) is 5.92 Å². The average Bonchev–Trinajstić information content (AvgIpc) is 2.74. The van der Waals surface area contributed by atoms with E-state index in [0.29, 0.717) is 6.04 Å². The molecule has 2 N–H and O–H groups in total. The molecule has 0 saturated heterocycles. The SMILES string of the molecule is NC(Cc1ccccc1Br)C1CCCC1. The van der Waals surface area contributed by atoms with Gasteiger partial charge in [0.25, 0.3) is 0 Å². The fraction of sp³-hybridized carbons (Fsp3) is 0.538. The highest BCUT2D eigenvalue weighted by Crippen LogP contribution is 2.29. The smallest absolute Gasteiger partial charge is 0.0207 e. The molecule has 1 fully saturated rings. The number of nitrogens with two attached hydrogens (primary N) is 1. The lowest BCUT2D eigenvalue weighted by Crippen LogP contribution is -2.30. The van der Waals surface area contributed by atoms with E-state index in [1.54, 1.807) is 0 Å². The summed E-state index contributed by atoms with van der Waals surface area (Å²) < 4.78 is 1.19. The molecule has 2 heteroatoms. The number of rotatable bonds is 3. The van der Waals surface area contributed by atoms with E-state index in [0.717, 1.165) is 12.3 Å². The quantitative estimate of drug-likeness (QED) is 0.892. The first kappa shape index (κ1) is 11.2. The molecule has 1 nitrogen and oxygen atoms in total. The highest BCUT2D eigenvalue weighted by atomic mass is 79.9. The Morgan fingerprint density at radius 3 is 2.60 bits per heavy atom. The van der Waals surface area contributed by atoms with Gasteiger partial charge in [-0.1, -0.05) is 47.0 Å². The zero-order valence-electron chi connectivity index (χ0n) is 8.95. The Kier molecular flexibility index (Phi) is 3.81. The summed E-state index contributed by atoms with van der Waals surface area (Å²) in [6.45, 7) is 0. The second-order valence-electron chi connectivity index (χ2n) is 4.50. The van der Waals surface area contributed by atoms with Gasteiger partial charge in [0.05, 0.1) is 0 Å². The Bertz CT molecular complexity index is 318. The summed E-state index contributed by atoms with van der Waals surface area (Å²) in [6, 6.07) is 8.73. The van der Waals surface area contributed by atoms with Crippen molar-refractivity contribution >= 4 is 15.9 Å². The molecule has 1 unspecified atom stereocenters. The van der Waals surface area contributed by atoms with Gasteiger partial charge in [-0.15, -0.1) is 0 Å². The maximum Gasteiger partial charge on any atom is 0.0207 e. The van der Waals surface area contributed by atoms with E-state index in [1.807, 2.05) is 0 Å². The molecule has 0 bridgehead atoms. The van der Waals surface area contributed by atoms with Gasteiger partial charge in [-0.25, -0.2) is 0 Å². The maximum atomic E-state index is 6.26. The molecule has 82 valence electrons. The first-order valence-corrected chi connectivity index (χ1v) is 6.55. The minimum atomic E-state index is 0.339. The summed E-state index contributed by atoms with van der Waals surface area (Å²) in [5, 5.41) is 0. The molecule has 0 spiro atoms. The van der Waals surface area contributed by atoms with Gasteiger partial charge < -0.3 is 5.73 Å². The number of hydrogen-bond donors (Lipinski definition) is 1. The molecule has 1 aromatic rings. The van der Waals surface area contributed by atoms with E-state index in [1.165, 1.54) is 35.7 Å². The van der Waals surface area contributed by atoms with Crippen LogP contribution in [0.5, 0.6) is 0 Å². The van der Waals surface area contributed by atoms with Crippen molar-refractivity contribution in [3.05, 3.63) is 34.3 Å². The monoisotopic (exact) mass is 267 g/mol. The van der Waals surface area contributed by atoms with Crippen molar-refractivity contribution in [3.63, 3.8) is 0 Å². The van der Waals surface area contributed by atoms with Crippen LogP contribution in [-0.2, 0) is 6.42 Å². The largest absolute Gasteiger partial charge is 0.327 e. The van der Waals surface area contributed by atoms with Crippen molar-refractivity contribution in [2.75, 3.05) is 0 Å². The zero-order chi connectivity index (χ0) is 10.7. The molecule has 0 aromatic heterocycles. The van der Waals surface area contributed by atoms with Crippen LogP contribution >= 0.6 is 15.9 Å². The van der Waals surface area contributed by atoms with Crippen LogP contribution in [0.4, 0.5) is 0 Å². The second-order valence-corrected chi connectivity index (χ2v) is 5.36. The molecular weight excluding hydrogens is 250 g/mol. The molecule has 0 heterocycles. The van der Waals surface area contributed by atoms with Crippen LogP contribution in [-0.4, -0.2) is 6.04 Å². The topological polar surface area (TPSA) is 26.0 Å². The van der Waals surface area contributed by atoms with Gasteiger partial charge in [0, 0.05) is 10.5 Å². The van der Waals surface area contributed by atoms with Gasteiger partial charge in [-0.3, -0.25) is 0 Å². The molecule has 2 rings (SSSR count). The molecule has 1 aliphatic rings. The Labute approximate surface area is 100 Å². The van der Waals surface area contributed by atoms with Crippen molar-refractivity contribution in [2.24, 2.45) is 11.7 Å².